The lowest BCUT2D eigenvalue weighted by molar-refractivity contribution is 0.0946. The highest BCUT2D eigenvalue weighted by Crippen LogP contribution is 2.15. The Balaban J connectivity index is 2.01. The predicted molar refractivity (Wildman–Crippen MR) is 88.1 cm³/mol. The molecule has 6 nitrogen and oxygen atoms in total. The Morgan fingerprint density at radius 1 is 1.15 bits per heavy atom. The average Bonchev–Trinajstić information content (AvgIpc) is 2.59. The van der Waals surface area contributed by atoms with Crippen molar-refractivity contribution >= 4 is 15.9 Å². The highest BCUT2D eigenvalue weighted by molar-refractivity contribution is 7.88. The second-order valence-electron chi connectivity index (χ2n) is 5.40. The van der Waals surface area contributed by atoms with E-state index in [2.05, 4.69) is 10.3 Å². The summed E-state index contributed by atoms with van der Waals surface area (Å²) in [5.41, 5.74) is -0.157. The van der Waals surface area contributed by atoms with Crippen molar-refractivity contribution in [1.82, 2.24) is 14.6 Å². The van der Waals surface area contributed by atoms with Gasteiger partial charge in [-0.1, -0.05) is 6.07 Å². The Labute approximate surface area is 148 Å². The molecule has 0 radical (unpaired) electrons. The largest absolute Gasteiger partial charge is 0.351 e. The van der Waals surface area contributed by atoms with E-state index in [-0.39, 0.29) is 19.6 Å². The van der Waals surface area contributed by atoms with Crippen LogP contribution in [0.25, 0.3) is 0 Å². The number of aromatic nitrogens is 1. The normalized spacial score (nSPS) is 11.6. The maximum Gasteiger partial charge on any atom is 0.254 e. The van der Waals surface area contributed by atoms with Crippen molar-refractivity contribution in [3.05, 3.63) is 65.2 Å². The van der Waals surface area contributed by atoms with Crippen LogP contribution in [0.5, 0.6) is 0 Å². The first kappa shape index (κ1) is 19.9. The zero-order valence-electron chi connectivity index (χ0n) is 13.7. The SMILES string of the molecule is CS(=O)(=O)N(CCNC(=O)c1ccc(F)c(F)c1F)Cc1ccccn1. The second kappa shape index (κ2) is 8.28. The topological polar surface area (TPSA) is 79.4 Å². The van der Waals surface area contributed by atoms with Crippen LogP contribution in [0.15, 0.2) is 36.5 Å². The van der Waals surface area contributed by atoms with Gasteiger partial charge in [-0.05, 0) is 24.3 Å². The molecule has 0 saturated heterocycles. The van der Waals surface area contributed by atoms with E-state index in [9.17, 15) is 26.4 Å². The fraction of sp³-hybridized carbons (Fsp3) is 0.250. The molecule has 0 unspecified atom stereocenters. The highest BCUT2D eigenvalue weighted by Gasteiger charge is 2.20. The van der Waals surface area contributed by atoms with E-state index in [1.165, 1.54) is 6.20 Å². The van der Waals surface area contributed by atoms with Gasteiger partial charge in [-0.15, -0.1) is 0 Å². The maximum absolute atomic E-state index is 13.6. The summed E-state index contributed by atoms with van der Waals surface area (Å²) >= 11 is 0. The quantitative estimate of drug-likeness (QED) is 0.734. The minimum atomic E-state index is -3.59. The van der Waals surface area contributed by atoms with Gasteiger partial charge in [0.25, 0.3) is 5.91 Å². The third-order valence-corrected chi connectivity index (χ3v) is 4.71. The molecule has 1 N–H and O–H groups in total. The van der Waals surface area contributed by atoms with Gasteiger partial charge in [0.15, 0.2) is 17.5 Å². The van der Waals surface area contributed by atoms with Gasteiger partial charge in [-0.2, -0.15) is 4.31 Å². The Morgan fingerprint density at radius 3 is 2.50 bits per heavy atom. The molecule has 140 valence electrons. The van der Waals surface area contributed by atoms with Gasteiger partial charge in [0, 0.05) is 19.3 Å². The molecule has 1 heterocycles. The van der Waals surface area contributed by atoms with Crippen molar-refractivity contribution in [2.24, 2.45) is 0 Å². The van der Waals surface area contributed by atoms with Crippen molar-refractivity contribution < 1.29 is 26.4 Å². The number of amides is 1. The van der Waals surface area contributed by atoms with E-state index in [0.29, 0.717) is 11.8 Å². The minimum absolute atomic E-state index is 0.00488. The van der Waals surface area contributed by atoms with E-state index < -0.39 is 38.9 Å². The number of carbonyl (C=O) groups excluding carboxylic acids is 1. The molecule has 0 spiro atoms. The number of sulfonamides is 1. The summed E-state index contributed by atoms with van der Waals surface area (Å²) in [4.78, 5) is 15.9. The third-order valence-electron chi connectivity index (χ3n) is 3.46. The molecule has 1 aromatic heterocycles. The lowest BCUT2D eigenvalue weighted by Crippen LogP contribution is -2.38. The summed E-state index contributed by atoms with van der Waals surface area (Å²) in [6.45, 7) is -0.265. The van der Waals surface area contributed by atoms with Crippen molar-refractivity contribution in [1.29, 1.82) is 0 Å². The molecule has 0 aliphatic rings. The molecule has 26 heavy (non-hydrogen) atoms. The van der Waals surface area contributed by atoms with Crippen molar-refractivity contribution in [3.8, 4) is 0 Å². The zero-order chi connectivity index (χ0) is 19.3. The lowest BCUT2D eigenvalue weighted by Gasteiger charge is -2.19. The number of hydrogen-bond donors (Lipinski definition) is 1. The molecule has 0 saturated carbocycles. The molecule has 1 amide bonds. The van der Waals surface area contributed by atoms with Gasteiger partial charge in [-0.3, -0.25) is 9.78 Å². The molecule has 2 rings (SSSR count). The smallest absolute Gasteiger partial charge is 0.254 e. The molecule has 1 aromatic carbocycles. The Hall–Kier alpha value is -2.46. The van der Waals surface area contributed by atoms with E-state index in [1.807, 2.05) is 0 Å². The van der Waals surface area contributed by atoms with Crippen molar-refractivity contribution in [3.63, 3.8) is 0 Å². The zero-order valence-corrected chi connectivity index (χ0v) is 14.6. The fourth-order valence-corrected chi connectivity index (χ4v) is 2.91. The first-order valence-corrected chi connectivity index (χ1v) is 9.31. The molecular formula is C16H16F3N3O3S. The van der Waals surface area contributed by atoms with E-state index in [1.54, 1.807) is 18.2 Å². The number of nitrogens with zero attached hydrogens (tertiary/aromatic N) is 2. The summed E-state index contributed by atoms with van der Waals surface area (Å²) in [6, 6.07) is 6.48. The first-order valence-electron chi connectivity index (χ1n) is 7.47. The van der Waals surface area contributed by atoms with Crippen LogP contribution in [-0.2, 0) is 16.6 Å². The van der Waals surface area contributed by atoms with Gasteiger partial charge in [-0.25, -0.2) is 21.6 Å². The fourth-order valence-electron chi connectivity index (χ4n) is 2.13. The van der Waals surface area contributed by atoms with Crippen LogP contribution in [0.4, 0.5) is 13.2 Å². The van der Waals surface area contributed by atoms with E-state index in [0.717, 1.165) is 16.6 Å². The second-order valence-corrected chi connectivity index (χ2v) is 7.38. The van der Waals surface area contributed by atoms with Gasteiger partial charge < -0.3 is 5.32 Å². The van der Waals surface area contributed by atoms with Crippen LogP contribution in [0.2, 0.25) is 0 Å². The number of nitrogens with one attached hydrogen (secondary N) is 1. The minimum Gasteiger partial charge on any atom is -0.351 e. The van der Waals surface area contributed by atoms with Crippen molar-refractivity contribution in [2.75, 3.05) is 19.3 Å². The van der Waals surface area contributed by atoms with Crippen LogP contribution >= 0.6 is 0 Å². The Kier molecular flexibility index (Phi) is 6.32. The molecule has 0 aliphatic heterocycles. The number of rotatable bonds is 7. The summed E-state index contributed by atoms with van der Waals surface area (Å²) in [5.74, 6) is -5.73. The Bertz CT molecular complexity index is 892. The van der Waals surface area contributed by atoms with Crippen LogP contribution in [0.1, 0.15) is 16.1 Å². The van der Waals surface area contributed by atoms with Gasteiger partial charge in [0.2, 0.25) is 10.0 Å². The van der Waals surface area contributed by atoms with Crippen molar-refractivity contribution in [2.45, 2.75) is 6.54 Å². The van der Waals surface area contributed by atoms with E-state index >= 15 is 0 Å². The van der Waals surface area contributed by atoms with E-state index in [4.69, 9.17) is 0 Å². The molecule has 10 heteroatoms. The molecular weight excluding hydrogens is 371 g/mol. The summed E-state index contributed by atoms with van der Waals surface area (Å²) < 4.78 is 64.4. The number of benzene rings is 1. The predicted octanol–water partition coefficient (Wildman–Crippen LogP) is 1.69. The maximum atomic E-state index is 13.6. The Morgan fingerprint density at radius 2 is 1.88 bits per heavy atom. The number of hydrogen-bond acceptors (Lipinski definition) is 4. The monoisotopic (exact) mass is 387 g/mol. The van der Waals surface area contributed by atoms with Crippen LogP contribution in [-0.4, -0.2) is 43.0 Å². The molecule has 0 aliphatic carbocycles. The van der Waals surface area contributed by atoms with Crippen LogP contribution in [0.3, 0.4) is 0 Å². The molecule has 0 atom stereocenters. The van der Waals surface area contributed by atoms with Gasteiger partial charge >= 0.3 is 0 Å². The molecule has 2 aromatic rings. The summed E-state index contributed by atoms with van der Waals surface area (Å²) in [5, 5.41) is 2.28. The average molecular weight is 387 g/mol. The van der Waals surface area contributed by atoms with Gasteiger partial charge in [0.1, 0.15) is 0 Å². The number of pyridine rings is 1. The summed E-state index contributed by atoms with van der Waals surface area (Å²) in [7, 11) is -3.59. The highest BCUT2D eigenvalue weighted by atomic mass is 32.2. The first-order chi connectivity index (χ1) is 12.2. The van der Waals surface area contributed by atoms with Crippen LogP contribution in [0, 0.1) is 17.5 Å². The molecule has 0 fully saturated rings. The summed E-state index contributed by atoms with van der Waals surface area (Å²) in [6.07, 6.45) is 2.52. The third kappa shape index (κ3) is 5.02. The standard InChI is InChI=1S/C16H16F3N3O3S/c1-26(24,25)22(10-11-4-2-3-7-20-11)9-8-21-16(23)12-5-6-13(17)15(19)14(12)18/h2-7H,8-10H2,1H3,(H,21,23). The molecule has 0 bridgehead atoms. The lowest BCUT2D eigenvalue weighted by atomic mass is 10.2. The van der Waals surface area contributed by atoms with Crippen LogP contribution < -0.4 is 5.32 Å². The number of halogens is 3. The van der Waals surface area contributed by atoms with Gasteiger partial charge in [0.05, 0.1) is 24.1 Å². The number of carbonyl (C=O) groups is 1.